The lowest BCUT2D eigenvalue weighted by Crippen LogP contribution is -2.19. The molecule has 0 fully saturated rings. The van der Waals surface area contributed by atoms with Crippen molar-refractivity contribution in [2.24, 2.45) is 11.8 Å². The Hall–Kier alpha value is 0.200. The van der Waals surface area contributed by atoms with Crippen molar-refractivity contribution in [3.8, 4) is 0 Å². The SMILES string of the molecule is CCCCC(CC)COCC(CC)CS(=O)(=O)Cl. The van der Waals surface area contributed by atoms with Gasteiger partial charge in [-0.25, -0.2) is 8.42 Å². The van der Waals surface area contributed by atoms with Gasteiger partial charge in [0.2, 0.25) is 9.05 Å². The van der Waals surface area contributed by atoms with Crippen LogP contribution in [-0.4, -0.2) is 27.4 Å². The van der Waals surface area contributed by atoms with Crippen LogP contribution in [0.4, 0.5) is 0 Å². The van der Waals surface area contributed by atoms with Crippen molar-refractivity contribution < 1.29 is 13.2 Å². The van der Waals surface area contributed by atoms with Gasteiger partial charge in [-0.1, -0.05) is 46.5 Å². The first-order valence-corrected chi connectivity index (χ1v) is 9.40. The van der Waals surface area contributed by atoms with Crippen LogP contribution in [0.15, 0.2) is 0 Å². The quantitative estimate of drug-likeness (QED) is 0.545. The summed E-state index contributed by atoms with van der Waals surface area (Å²) in [5, 5.41) is 0. The summed E-state index contributed by atoms with van der Waals surface area (Å²) in [7, 11) is 1.85. The number of hydrogen-bond acceptors (Lipinski definition) is 3. The summed E-state index contributed by atoms with van der Waals surface area (Å²) in [5.41, 5.74) is 0. The van der Waals surface area contributed by atoms with E-state index in [0.717, 1.165) is 19.4 Å². The molecule has 0 aromatic heterocycles. The Labute approximate surface area is 117 Å². The van der Waals surface area contributed by atoms with Crippen molar-refractivity contribution in [2.45, 2.75) is 52.9 Å². The van der Waals surface area contributed by atoms with E-state index < -0.39 is 9.05 Å². The molecular formula is C13H27ClO3S. The fourth-order valence-corrected chi connectivity index (χ4v) is 3.29. The van der Waals surface area contributed by atoms with E-state index in [9.17, 15) is 8.42 Å². The second-order valence-corrected chi connectivity index (χ2v) is 7.76. The van der Waals surface area contributed by atoms with Gasteiger partial charge in [-0.15, -0.1) is 0 Å². The summed E-state index contributed by atoms with van der Waals surface area (Å²) >= 11 is 0. The second kappa shape index (κ2) is 10.0. The number of halogens is 1. The molecule has 18 heavy (non-hydrogen) atoms. The first-order chi connectivity index (χ1) is 8.42. The minimum absolute atomic E-state index is 0.0104. The lowest BCUT2D eigenvalue weighted by molar-refractivity contribution is 0.0709. The summed E-state index contributed by atoms with van der Waals surface area (Å²) in [6.07, 6.45) is 5.52. The lowest BCUT2D eigenvalue weighted by atomic mass is 10.0. The molecule has 0 amide bonds. The summed E-state index contributed by atoms with van der Waals surface area (Å²) in [6.45, 7) is 7.54. The predicted octanol–water partition coefficient (Wildman–Crippen LogP) is 3.81. The third-order valence-electron chi connectivity index (χ3n) is 3.26. The van der Waals surface area contributed by atoms with Crippen molar-refractivity contribution in [1.82, 2.24) is 0 Å². The molecule has 0 radical (unpaired) electrons. The average Bonchev–Trinajstić information content (AvgIpc) is 2.30. The molecule has 0 aromatic carbocycles. The highest BCUT2D eigenvalue weighted by Crippen LogP contribution is 2.15. The van der Waals surface area contributed by atoms with Crippen molar-refractivity contribution in [1.29, 1.82) is 0 Å². The highest BCUT2D eigenvalue weighted by atomic mass is 35.7. The zero-order chi connectivity index (χ0) is 14.0. The molecule has 0 N–H and O–H groups in total. The molecule has 0 aliphatic heterocycles. The molecule has 0 bridgehead atoms. The molecule has 0 saturated carbocycles. The maximum atomic E-state index is 11.0. The fourth-order valence-electron chi connectivity index (χ4n) is 1.86. The van der Waals surface area contributed by atoms with Gasteiger partial charge in [-0.2, -0.15) is 0 Å². The smallest absolute Gasteiger partial charge is 0.232 e. The molecule has 110 valence electrons. The summed E-state index contributed by atoms with van der Waals surface area (Å²) < 4.78 is 27.7. The van der Waals surface area contributed by atoms with Gasteiger partial charge in [0, 0.05) is 17.3 Å². The van der Waals surface area contributed by atoms with Crippen LogP contribution >= 0.6 is 10.7 Å². The Bertz CT molecular complexity index is 291. The molecular weight excluding hydrogens is 272 g/mol. The molecule has 0 aliphatic rings. The second-order valence-electron chi connectivity index (χ2n) is 4.93. The summed E-state index contributed by atoms with van der Waals surface area (Å²) in [6, 6.07) is 0. The van der Waals surface area contributed by atoms with E-state index in [1.165, 1.54) is 19.3 Å². The Balaban J connectivity index is 3.91. The van der Waals surface area contributed by atoms with Gasteiger partial charge < -0.3 is 4.74 Å². The number of rotatable bonds is 11. The molecule has 5 heteroatoms. The maximum Gasteiger partial charge on any atom is 0.232 e. The monoisotopic (exact) mass is 298 g/mol. The molecule has 2 unspecified atom stereocenters. The van der Waals surface area contributed by atoms with Crippen LogP contribution in [0, 0.1) is 11.8 Å². The predicted molar refractivity (Wildman–Crippen MR) is 77.5 cm³/mol. The average molecular weight is 299 g/mol. The normalized spacial score (nSPS) is 15.6. The van der Waals surface area contributed by atoms with Crippen LogP contribution in [0.2, 0.25) is 0 Å². The van der Waals surface area contributed by atoms with E-state index in [2.05, 4.69) is 13.8 Å². The maximum absolute atomic E-state index is 11.0. The van der Waals surface area contributed by atoms with Gasteiger partial charge in [0.1, 0.15) is 0 Å². The van der Waals surface area contributed by atoms with Gasteiger partial charge in [0.15, 0.2) is 0 Å². The van der Waals surface area contributed by atoms with Gasteiger partial charge >= 0.3 is 0 Å². The van der Waals surface area contributed by atoms with Crippen LogP contribution in [0.5, 0.6) is 0 Å². The third kappa shape index (κ3) is 10.2. The van der Waals surface area contributed by atoms with Crippen molar-refractivity contribution >= 4 is 19.7 Å². The largest absolute Gasteiger partial charge is 0.381 e. The zero-order valence-corrected chi connectivity index (χ0v) is 13.4. The molecule has 0 heterocycles. The van der Waals surface area contributed by atoms with Crippen LogP contribution < -0.4 is 0 Å². The van der Waals surface area contributed by atoms with E-state index in [1.54, 1.807) is 0 Å². The van der Waals surface area contributed by atoms with Gasteiger partial charge in [-0.3, -0.25) is 0 Å². The number of unbranched alkanes of at least 4 members (excludes halogenated alkanes) is 1. The molecule has 0 aliphatic carbocycles. The van der Waals surface area contributed by atoms with E-state index in [4.69, 9.17) is 15.4 Å². The Morgan fingerprint density at radius 2 is 1.61 bits per heavy atom. The third-order valence-corrected chi connectivity index (χ3v) is 4.51. The Morgan fingerprint density at radius 1 is 1.06 bits per heavy atom. The molecule has 0 spiro atoms. The van der Waals surface area contributed by atoms with Crippen LogP contribution in [0.25, 0.3) is 0 Å². The molecule has 2 atom stereocenters. The number of hydrogen-bond donors (Lipinski definition) is 0. The zero-order valence-electron chi connectivity index (χ0n) is 11.8. The van der Waals surface area contributed by atoms with Crippen LogP contribution in [0.1, 0.15) is 52.9 Å². The topological polar surface area (TPSA) is 43.4 Å². The van der Waals surface area contributed by atoms with Crippen molar-refractivity contribution in [3.63, 3.8) is 0 Å². The Kier molecular flexibility index (Phi) is 10.2. The Morgan fingerprint density at radius 3 is 2.06 bits per heavy atom. The fraction of sp³-hybridized carbons (Fsp3) is 1.00. The number of ether oxygens (including phenoxy) is 1. The van der Waals surface area contributed by atoms with Crippen molar-refractivity contribution in [3.05, 3.63) is 0 Å². The van der Waals surface area contributed by atoms with Gasteiger partial charge in [0.05, 0.1) is 12.4 Å². The minimum Gasteiger partial charge on any atom is -0.381 e. The van der Waals surface area contributed by atoms with Gasteiger partial charge in [-0.05, 0) is 18.3 Å². The first kappa shape index (κ1) is 18.2. The van der Waals surface area contributed by atoms with E-state index in [-0.39, 0.29) is 11.7 Å². The molecule has 0 saturated heterocycles. The van der Waals surface area contributed by atoms with E-state index in [1.807, 2.05) is 6.92 Å². The summed E-state index contributed by atoms with van der Waals surface area (Å²) in [4.78, 5) is 0. The van der Waals surface area contributed by atoms with Crippen LogP contribution in [-0.2, 0) is 13.8 Å². The van der Waals surface area contributed by atoms with Crippen LogP contribution in [0.3, 0.4) is 0 Å². The van der Waals surface area contributed by atoms with Crippen molar-refractivity contribution in [2.75, 3.05) is 19.0 Å². The van der Waals surface area contributed by atoms with E-state index in [0.29, 0.717) is 12.5 Å². The molecule has 0 aromatic rings. The highest BCUT2D eigenvalue weighted by molar-refractivity contribution is 8.13. The minimum atomic E-state index is -3.41. The molecule has 3 nitrogen and oxygen atoms in total. The lowest BCUT2D eigenvalue weighted by Gasteiger charge is -2.18. The standard InChI is InChI=1S/C13H27ClO3S/c1-4-7-8-12(5-2)9-17-10-13(6-3)11-18(14,15)16/h12-13H,4-11H2,1-3H3. The highest BCUT2D eigenvalue weighted by Gasteiger charge is 2.16. The summed E-state index contributed by atoms with van der Waals surface area (Å²) in [5.74, 6) is 0.614. The molecule has 0 rings (SSSR count). The van der Waals surface area contributed by atoms with Gasteiger partial charge in [0.25, 0.3) is 0 Å². The van der Waals surface area contributed by atoms with E-state index >= 15 is 0 Å². The first-order valence-electron chi connectivity index (χ1n) is 6.92.